The Balaban J connectivity index is 2.00. The summed E-state index contributed by atoms with van der Waals surface area (Å²) in [4.78, 5) is 42.8. The zero-order valence-corrected chi connectivity index (χ0v) is 19.2. The molecule has 9 heteroatoms. The summed E-state index contributed by atoms with van der Waals surface area (Å²) >= 11 is 0. The van der Waals surface area contributed by atoms with Gasteiger partial charge in [-0.1, -0.05) is 6.07 Å². The maximum Gasteiger partial charge on any atom is 0.332 e. The second-order valence-electron chi connectivity index (χ2n) is 8.05. The number of aryl methyl sites for hydroxylation is 4. The van der Waals surface area contributed by atoms with Gasteiger partial charge >= 0.3 is 11.7 Å². The molecule has 0 saturated heterocycles. The highest BCUT2D eigenvalue weighted by atomic mass is 16.5. The zero-order valence-electron chi connectivity index (χ0n) is 19.2. The van der Waals surface area contributed by atoms with E-state index in [1.54, 1.807) is 18.4 Å². The van der Waals surface area contributed by atoms with Gasteiger partial charge in [0.25, 0.3) is 5.56 Å². The van der Waals surface area contributed by atoms with Crippen LogP contribution in [0.2, 0.25) is 0 Å². The van der Waals surface area contributed by atoms with Crippen molar-refractivity contribution >= 4 is 22.9 Å². The van der Waals surface area contributed by atoms with Crippen molar-refractivity contribution < 1.29 is 9.53 Å². The number of benzene rings is 1. The van der Waals surface area contributed by atoms with Gasteiger partial charge in [0.15, 0.2) is 11.2 Å². The van der Waals surface area contributed by atoms with Crippen molar-refractivity contribution in [3.8, 4) is 5.69 Å². The van der Waals surface area contributed by atoms with Gasteiger partial charge in [-0.05, 0) is 57.9 Å². The van der Waals surface area contributed by atoms with Gasteiger partial charge in [-0.3, -0.25) is 27.7 Å². The van der Waals surface area contributed by atoms with Crippen molar-refractivity contribution in [2.75, 3.05) is 6.61 Å². The minimum Gasteiger partial charge on any atom is -0.466 e. The summed E-state index contributed by atoms with van der Waals surface area (Å²) in [6, 6.07) is 6.15. The Labute approximate surface area is 184 Å². The van der Waals surface area contributed by atoms with Gasteiger partial charge in [-0.15, -0.1) is 0 Å². The van der Waals surface area contributed by atoms with Gasteiger partial charge in [-0.2, -0.15) is 4.98 Å². The number of nitrogens with zero attached hydrogens (tertiary/aromatic N) is 5. The monoisotopic (exact) mass is 437 g/mol. The van der Waals surface area contributed by atoms with Crippen molar-refractivity contribution in [2.24, 2.45) is 7.05 Å². The molecule has 4 aromatic rings. The molecule has 3 heterocycles. The fraction of sp³-hybridized carbons (Fsp3) is 0.391. The smallest absolute Gasteiger partial charge is 0.332 e. The summed E-state index contributed by atoms with van der Waals surface area (Å²) in [7, 11) is 1.58. The van der Waals surface area contributed by atoms with Crippen molar-refractivity contribution in [1.82, 2.24) is 23.1 Å². The predicted molar refractivity (Wildman–Crippen MR) is 122 cm³/mol. The van der Waals surface area contributed by atoms with E-state index in [2.05, 4.69) is 26.0 Å². The Hall–Kier alpha value is -3.62. The van der Waals surface area contributed by atoms with Crippen LogP contribution in [0.1, 0.15) is 35.9 Å². The molecule has 9 nitrogen and oxygen atoms in total. The summed E-state index contributed by atoms with van der Waals surface area (Å²) < 4.78 is 11.2. The first kappa shape index (κ1) is 21.6. The molecular formula is C23H27N5O4. The summed E-state index contributed by atoms with van der Waals surface area (Å²) in [5.41, 5.74) is 4.71. The number of hydrogen-bond acceptors (Lipinski definition) is 5. The number of rotatable bonds is 5. The van der Waals surface area contributed by atoms with E-state index >= 15 is 0 Å². The Morgan fingerprint density at radius 3 is 2.44 bits per heavy atom. The summed E-state index contributed by atoms with van der Waals surface area (Å²) in [5, 5.41) is 0. The molecule has 0 saturated carbocycles. The van der Waals surface area contributed by atoms with Crippen LogP contribution >= 0.6 is 0 Å². The maximum atomic E-state index is 13.4. The van der Waals surface area contributed by atoms with Gasteiger partial charge in [0.2, 0.25) is 5.78 Å². The van der Waals surface area contributed by atoms with Gasteiger partial charge in [-0.25, -0.2) is 4.79 Å². The molecule has 0 N–H and O–H groups in total. The molecule has 0 aliphatic heterocycles. The molecule has 0 bridgehead atoms. The van der Waals surface area contributed by atoms with E-state index in [0.29, 0.717) is 16.9 Å². The first-order valence-corrected chi connectivity index (χ1v) is 10.6. The standard InChI is InChI=1S/C23H27N5O4/c1-7-32-18(29)10-11-26-21(30)19-20(25(6)23(26)31)24-22-27(15(4)16(5)28(19)22)17-9-8-13(2)14(3)12-17/h8-9,12H,7,10-11H2,1-6H3. The third-order valence-corrected chi connectivity index (χ3v) is 6.11. The zero-order chi connectivity index (χ0) is 23.3. The normalized spacial score (nSPS) is 11.6. The quantitative estimate of drug-likeness (QED) is 0.447. The fourth-order valence-electron chi connectivity index (χ4n) is 4.06. The molecule has 168 valence electrons. The molecule has 1 aromatic carbocycles. The lowest BCUT2D eigenvalue weighted by molar-refractivity contribution is -0.143. The van der Waals surface area contributed by atoms with Crippen LogP contribution in [0.4, 0.5) is 0 Å². The molecule has 0 unspecified atom stereocenters. The van der Waals surface area contributed by atoms with Crippen LogP contribution in [0.3, 0.4) is 0 Å². The summed E-state index contributed by atoms with van der Waals surface area (Å²) in [5.74, 6) is 0.112. The minimum atomic E-state index is -0.514. The first-order chi connectivity index (χ1) is 15.2. The van der Waals surface area contributed by atoms with E-state index in [1.807, 2.05) is 24.5 Å². The fourth-order valence-corrected chi connectivity index (χ4v) is 4.06. The molecule has 0 aliphatic rings. The van der Waals surface area contributed by atoms with Crippen LogP contribution in [0, 0.1) is 27.7 Å². The lowest BCUT2D eigenvalue weighted by Gasteiger charge is -2.09. The lowest BCUT2D eigenvalue weighted by Crippen LogP contribution is -2.40. The third-order valence-electron chi connectivity index (χ3n) is 6.11. The average molecular weight is 438 g/mol. The molecule has 0 amide bonds. The number of carbonyl (C=O) groups is 1. The second-order valence-corrected chi connectivity index (χ2v) is 8.05. The Morgan fingerprint density at radius 1 is 1.06 bits per heavy atom. The van der Waals surface area contributed by atoms with Crippen molar-refractivity contribution in [2.45, 2.75) is 47.6 Å². The van der Waals surface area contributed by atoms with E-state index < -0.39 is 17.2 Å². The van der Waals surface area contributed by atoms with Crippen LogP contribution in [-0.2, 0) is 23.1 Å². The summed E-state index contributed by atoms with van der Waals surface area (Å²) in [6.07, 6.45) is -0.0574. The Bertz CT molecular complexity index is 1500. The van der Waals surface area contributed by atoms with Gasteiger partial charge < -0.3 is 4.74 Å². The largest absolute Gasteiger partial charge is 0.466 e. The van der Waals surface area contributed by atoms with E-state index in [4.69, 9.17) is 9.72 Å². The molecule has 0 aliphatic carbocycles. The SMILES string of the molecule is CCOC(=O)CCn1c(=O)c2c(nc3n(-c4ccc(C)c(C)c4)c(C)c(C)n23)n(C)c1=O. The molecule has 4 rings (SSSR count). The highest BCUT2D eigenvalue weighted by molar-refractivity contribution is 5.77. The van der Waals surface area contributed by atoms with Crippen LogP contribution in [0.25, 0.3) is 22.6 Å². The van der Waals surface area contributed by atoms with Crippen LogP contribution in [0.5, 0.6) is 0 Å². The maximum absolute atomic E-state index is 13.4. The lowest BCUT2D eigenvalue weighted by atomic mass is 10.1. The number of carbonyl (C=O) groups excluding carboxylic acids is 1. The summed E-state index contributed by atoms with van der Waals surface area (Å²) in [6.45, 7) is 9.92. The van der Waals surface area contributed by atoms with Crippen molar-refractivity contribution in [3.63, 3.8) is 0 Å². The van der Waals surface area contributed by atoms with Gasteiger partial charge in [0.1, 0.15) is 0 Å². The number of fused-ring (bicyclic) bond motifs is 3. The van der Waals surface area contributed by atoms with Crippen molar-refractivity contribution in [3.05, 3.63) is 61.6 Å². The number of hydrogen-bond donors (Lipinski definition) is 0. The topological polar surface area (TPSA) is 92.5 Å². The van der Waals surface area contributed by atoms with Gasteiger partial charge in [0, 0.05) is 30.7 Å². The molecule has 32 heavy (non-hydrogen) atoms. The highest BCUT2D eigenvalue weighted by Crippen LogP contribution is 2.25. The van der Waals surface area contributed by atoms with Crippen LogP contribution < -0.4 is 11.2 Å². The van der Waals surface area contributed by atoms with Crippen molar-refractivity contribution in [1.29, 1.82) is 0 Å². The molecule has 0 atom stereocenters. The van der Waals surface area contributed by atoms with E-state index in [1.165, 1.54) is 10.1 Å². The minimum absolute atomic E-state index is 0.0522. The van der Waals surface area contributed by atoms with Crippen LogP contribution in [-0.4, -0.2) is 35.7 Å². The Kier molecular flexibility index (Phi) is 5.28. The number of esters is 1. The van der Waals surface area contributed by atoms with Crippen LogP contribution in [0.15, 0.2) is 27.8 Å². The average Bonchev–Trinajstić information content (AvgIpc) is 3.24. The number of imidazole rings is 2. The van der Waals surface area contributed by atoms with E-state index in [-0.39, 0.29) is 19.6 Å². The molecular weight excluding hydrogens is 410 g/mol. The molecule has 0 radical (unpaired) electrons. The predicted octanol–water partition coefficient (Wildman–Crippen LogP) is 2.33. The second kappa shape index (κ2) is 7.81. The first-order valence-electron chi connectivity index (χ1n) is 10.6. The number of aromatic nitrogens is 5. The molecule has 0 fully saturated rings. The number of ether oxygens (including phenoxy) is 1. The third kappa shape index (κ3) is 3.16. The highest BCUT2D eigenvalue weighted by Gasteiger charge is 2.23. The Morgan fingerprint density at radius 2 is 1.78 bits per heavy atom. The molecule has 3 aromatic heterocycles. The molecule has 0 spiro atoms. The van der Waals surface area contributed by atoms with E-state index in [9.17, 15) is 14.4 Å². The van der Waals surface area contributed by atoms with E-state index in [0.717, 1.165) is 27.2 Å². The van der Waals surface area contributed by atoms with Gasteiger partial charge in [0.05, 0.1) is 13.0 Å².